The first-order valence-electron chi connectivity index (χ1n) is 5.55. The van der Waals surface area contributed by atoms with Crippen LogP contribution in [0.3, 0.4) is 0 Å². The van der Waals surface area contributed by atoms with Gasteiger partial charge in [0.15, 0.2) is 18.3 Å². The fourth-order valence-corrected chi connectivity index (χ4v) is 2.70. The molecule has 1 nitrogen and oxygen atoms in total. The van der Waals surface area contributed by atoms with Gasteiger partial charge in [-0.3, -0.25) is 0 Å². The first-order chi connectivity index (χ1) is 7.33. The Hall–Kier alpha value is 0.270. The zero-order valence-electron chi connectivity index (χ0n) is 9.66. The van der Waals surface area contributed by atoms with E-state index >= 15 is 0 Å². The first kappa shape index (κ1) is 16.3. The summed E-state index contributed by atoms with van der Waals surface area (Å²) in [6.45, 7) is 2.25. The molecule has 0 spiro atoms. The second-order valence-electron chi connectivity index (χ2n) is 3.63. The normalized spacial score (nSPS) is 9.88. The molecule has 0 aliphatic carbocycles. The van der Waals surface area contributed by atoms with Crippen LogP contribution in [0.4, 0.5) is 0 Å². The predicted octanol–water partition coefficient (Wildman–Crippen LogP) is 1.01. The van der Waals surface area contributed by atoms with E-state index in [9.17, 15) is 0 Å². The van der Waals surface area contributed by atoms with Crippen LogP contribution in [0, 0.1) is 0 Å². The number of nitrogens with zero attached hydrogens (tertiary/aromatic N) is 1. The van der Waals surface area contributed by atoms with Crippen LogP contribution >= 0.6 is 27.7 Å². The Balaban J connectivity index is 0.00000225. The molecular formula is C12H19BrClNS. The van der Waals surface area contributed by atoms with E-state index in [1.165, 1.54) is 31.4 Å². The molecule has 0 aromatic carbocycles. The van der Waals surface area contributed by atoms with Crippen molar-refractivity contribution in [3.05, 3.63) is 29.0 Å². The van der Waals surface area contributed by atoms with Gasteiger partial charge in [-0.15, -0.1) is 0 Å². The van der Waals surface area contributed by atoms with Crippen molar-refractivity contribution < 1.29 is 17.0 Å². The SMILES string of the molecule is CCCCCCSC[n+]1cccc(Br)c1.[Cl-]. The smallest absolute Gasteiger partial charge is 0.194 e. The molecule has 1 heterocycles. The molecule has 1 aromatic rings. The van der Waals surface area contributed by atoms with Crippen molar-refractivity contribution in [1.29, 1.82) is 0 Å². The fourth-order valence-electron chi connectivity index (χ4n) is 1.37. The summed E-state index contributed by atoms with van der Waals surface area (Å²) >= 11 is 5.48. The highest BCUT2D eigenvalue weighted by molar-refractivity contribution is 9.10. The summed E-state index contributed by atoms with van der Waals surface area (Å²) in [7, 11) is 0. The minimum atomic E-state index is 0. The average Bonchev–Trinajstić information content (AvgIpc) is 2.23. The number of rotatable bonds is 7. The van der Waals surface area contributed by atoms with Gasteiger partial charge in [0, 0.05) is 6.07 Å². The number of hydrogen-bond donors (Lipinski definition) is 0. The van der Waals surface area contributed by atoms with Crippen molar-refractivity contribution in [3.8, 4) is 0 Å². The third kappa shape index (κ3) is 7.53. The molecule has 0 aliphatic rings. The lowest BCUT2D eigenvalue weighted by Crippen LogP contribution is -3.00. The van der Waals surface area contributed by atoms with E-state index in [-0.39, 0.29) is 12.4 Å². The van der Waals surface area contributed by atoms with E-state index in [4.69, 9.17) is 0 Å². The minimum absolute atomic E-state index is 0. The molecule has 0 N–H and O–H groups in total. The van der Waals surface area contributed by atoms with Crippen LogP contribution in [0.1, 0.15) is 32.6 Å². The van der Waals surface area contributed by atoms with Crippen LogP contribution in [0.15, 0.2) is 29.0 Å². The molecule has 0 fully saturated rings. The summed E-state index contributed by atoms with van der Waals surface area (Å²) in [5.74, 6) is 2.34. The monoisotopic (exact) mass is 323 g/mol. The Morgan fingerprint density at radius 1 is 1.31 bits per heavy atom. The zero-order chi connectivity index (χ0) is 10.9. The van der Waals surface area contributed by atoms with E-state index in [0.29, 0.717) is 0 Å². The van der Waals surface area contributed by atoms with E-state index in [2.05, 4.69) is 51.9 Å². The number of unbranched alkanes of at least 4 members (excludes halogenated alkanes) is 3. The Labute approximate surface area is 118 Å². The molecule has 0 unspecified atom stereocenters. The Bertz CT molecular complexity index is 283. The van der Waals surface area contributed by atoms with E-state index in [1.807, 2.05) is 11.8 Å². The summed E-state index contributed by atoms with van der Waals surface area (Å²) in [5.41, 5.74) is 0. The standard InChI is InChI=1S/C12H19BrNS.ClH/c1-2-3-4-5-9-15-11-14-8-6-7-12(13)10-14;/h6-8,10H,2-5,9,11H2,1H3;1H/q+1;/p-1. The Morgan fingerprint density at radius 2 is 2.12 bits per heavy atom. The maximum absolute atomic E-state index is 3.48. The van der Waals surface area contributed by atoms with Crippen LogP contribution in [-0.4, -0.2) is 5.75 Å². The lowest BCUT2D eigenvalue weighted by atomic mass is 10.2. The number of halogens is 2. The Morgan fingerprint density at radius 3 is 2.81 bits per heavy atom. The molecule has 1 aromatic heterocycles. The molecule has 0 atom stereocenters. The summed E-state index contributed by atoms with van der Waals surface area (Å²) in [4.78, 5) is 0. The van der Waals surface area contributed by atoms with Crippen LogP contribution < -0.4 is 17.0 Å². The van der Waals surface area contributed by atoms with Crippen molar-refractivity contribution in [3.63, 3.8) is 0 Å². The van der Waals surface area contributed by atoms with Gasteiger partial charge in [0.25, 0.3) is 0 Å². The lowest BCUT2D eigenvalue weighted by Gasteiger charge is -1.98. The second kappa shape index (κ2) is 10.4. The van der Waals surface area contributed by atoms with Crippen molar-refractivity contribution in [2.24, 2.45) is 0 Å². The maximum Gasteiger partial charge on any atom is 0.194 e. The highest BCUT2D eigenvalue weighted by Gasteiger charge is 2.00. The van der Waals surface area contributed by atoms with Gasteiger partial charge in [-0.1, -0.05) is 37.9 Å². The van der Waals surface area contributed by atoms with E-state index in [0.717, 1.165) is 10.3 Å². The number of hydrogen-bond acceptors (Lipinski definition) is 1. The van der Waals surface area contributed by atoms with Gasteiger partial charge in [0.1, 0.15) is 0 Å². The number of aromatic nitrogens is 1. The number of pyridine rings is 1. The van der Waals surface area contributed by atoms with Crippen molar-refractivity contribution in [2.45, 2.75) is 38.5 Å². The van der Waals surface area contributed by atoms with Gasteiger partial charge in [-0.25, -0.2) is 0 Å². The zero-order valence-corrected chi connectivity index (χ0v) is 12.8. The molecule has 0 amide bonds. The predicted molar refractivity (Wildman–Crippen MR) is 70.9 cm³/mol. The minimum Gasteiger partial charge on any atom is -1.00 e. The molecule has 4 heteroatoms. The van der Waals surface area contributed by atoms with Crippen molar-refractivity contribution >= 4 is 27.7 Å². The average molecular weight is 325 g/mol. The van der Waals surface area contributed by atoms with Gasteiger partial charge in [0.2, 0.25) is 0 Å². The fraction of sp³-hybridized carbons (Fsp3) is 0.583. The summed E-state index contributed by atoms with van der Waals surface area (Å²) in [5, 5.41) is 0. The third-order valence-corrected chi connectivity index (χ3v) is 3.73. The van der Waals surface area contributed by atoms with E-state index < -0.39 is 0 Å². The van der Waals surface area contributed by atoms with Gasteiger partial charge in [0.05, 0.1) is 4.47 Å². The Kier molecular flexibility index (Phi) is 10.6. The van der Waals surface area contributed by atoms with Crippen LogP contribution in [0.2, 0.25) is 0 Å². The molecule has 92 valence electrons. The van der Waals surface area contributed by atoms with Gasteiger partial charge >= 0.3 is 0 Å². The van der Waals surface area contributed by atoms with Gasteiger partial charge < -0.3 is 12.4 Å². The molecule has 0 bridgehead atoms. The van der Waals surface area contributed by atoms with Gasteiger partial charge in [-0.2, -0.15) is 4.57 Å². The quantitative estimate of drug-likeness (QED) is 0.535. The highest BCUT2D eigenvalue weighted by atomic mass is 79.9. The summed E-state index contributed by atoms with van der Waals surface area (Å²) in [6, 6.07) is 4.13. The molecule has 0 aliphatic heterocycles. The van der Waals surface area contributed by atoms with Crippen molar-refractivity contribution in [2.75, 3.05) is 5.75 Å². The molecular weight excluding hydrogens is 306 g/mol. The molecule has 0 saturated heterocycles. The first-order valence-corrected chi connectivity index (χ1v) is 7.50. The molecule has 0 saturated carbocycles. The van der Waals surface area contributed by atoms with Gasteiger partial charge in [-0.05, 0) is 34.2 Å². The molecule has 1 rings (SSSR count). The van der Waals surface area contributed by atoms with Crippen LogP contribution in [-0.2, 0) is 5.88 Å². The maximum atomic E-state index is 3.48. The molecule has 0 radical (unpaired) electrons. The molecule has 16 heavy (non-hydrogen) atoms. The van der Waals surface area contributed by atoms with E-state index in [1.54, 1.807) is 0 Å². The number of thioether (sulfide) groups is 1. The third-order valence-electron chi connectivity index (χ3n) is 2.20. The second-order valence-corrected chi connectivity index (χ2v) is 5.62. The lowest BCUT2D eigenvalue weighted by molar-refractivity contribution is -0.676. The summed E-state index contributed by atoms with van der Waals surface area (Å²) in [6.07, 6.45) is 9.68. The van der Waals surface area contributed by atoms with Crippen LogP contribution in [0.5, 0.6) is 0 Å². The highest BCUT2D eigenvalue weighted by Crippen LogP contribution is 2.08. The topological polar surface area (TPSA) is 3.88 Å². The summed E-state index contributed by atoms with van der Waals surface area (Å²) < 4.78 is 3.37. The largest absolute Gasteiger partial charge is 1.00 e. The van der Waals surface area contributed by atoms with Crippen LogP contribution in [0.25, 0.3) is 0 Å². The van der Waals surface area contributed by atoms with Crippen molar-refractivity contribution in [1.82, 2.24) is 0 Å².